The first-order valence-corrected chi connectivity index (χ1v) is 9.42. The standard InChI is InChI=1S/C21H18FN3OS/c1-25-18-10-5-2-7-14(18)15(20(25)19-11-6-12-27-19)13-23-21(26)24-17-9-4-3-8-16(17)22/h2-12H,13H2,1H3,(H2,23,24,26). The van der Waals surface area contributed by atoms with Gasteiger partial charge in [0.1, 0.15) is 5.82 Å². The van der Waals surface area contributed by atoms with Crippen molar-refractivity contribution in [1.82, 2.24) is 9.88 Å². The van der Waals surface area contributed by atoms with Crippen LogP contribution in [0.25, 0.3) is 21.5 Å². The summed E-state index contributed by atoms with van der Waals surface area (Å²) < 4.78 is 15.9. The van der Waals surface area contributed by atoms with Crippen LogP contribution in [0.3, 0.4) is 0 Å². The molecule has 136 valence electrons. The minimum atomic E-state index is -0.461. The van der Waals surface area contributed by atoms with Crippen molar-refractivity contribution in [3.63, 3.8) is 0 Å². The van der Waals surface area contributed by atoms with E-state index in [1.54, 1.807) is 23.5 Å². The van der Waals surface area contributed by atoms with Gasteiger partial charge < -0.3 is 15.2 Å². The number of halogens is 1. The maximum Gasteiger partial charge on any atom is 0.319 e. The number of thiophene rings is 1. The summed E-state index contributed by atoms with van der Waals surface area (Å²) in [4.78, 5) is 13.4. The number of anilines is 1. The van der Waals surface area contributed by atoms with Crippen molar-refractivity contribution in [2.45, 2.75) is 6.54 Å². The minimum Gasteiger partial charge on any atom is -0.343 e. The largest absolute Gasteiger partial charge is 0.343 e. The number of urea groups is 1. The molecule has 2 aromatic carbocycles. The number of fused-ring (bicyclic) bond motifs is 1. The number of aromatic nitrogens is 1. The molecule has 2 amide bonds. The number of amides is 2. The second-order valence-electron chi connectivity index (χ2n) is 6.17. The van der Waals surface area contributed by atoms with Gasteiger partial charge in [-0.2, -0.15) is 0 Å². The van der Waals surface area contributed by atoms with Gasteiger partial charge in [-0.05, 0) is 29.6 Å². The molecular weight excluding hydrogens is 361 g/mol. The number of benzene rings is 2. The quantitative estimate of drug-likeness (QED) is 0.492. The number of carbonyl (C=O) groups excluding carboxylic acids is 1. The molecule has 0 aliphatic carbocycles. The lowest BCUT2D eigenvalue weighted by Crippen LogP contribution is -2.28. The maximum atomic E-state index is 13.7. The van der Waals surface area contributed by atoms with Crippen LogP contribution in [-0.2, 0) is 13.6 Å². The predicted octanol–water partition coefficient (Wildman–Crippen LogP) is 5.37. The third-order valence-electron chi connectivity index (χ3n) is 4.51. The second-order valence-corrected chi connectivity index (χ2v) is 7.12. The number of hydrogen-bond donors (Lipinski definition) is 2. The summed E-state index contributed by atoms with van der Waals surface area (Å²) in [5.41, 5.74) is 3.38. The molecule has 0 atom stereocenters. The van der Waals surface area contributed by atoms with Gasteiger partial charge >= 0.3 is 6.03 Å². The van der Waals surface area contributed by atoms with Gasteiger partial charge in [0, 0.05) is 30.1 Å². The number of rotatable bonds is 4. The van der Waals surface area contributed by atoms with Crippen molar-refractivity contribution < 1.29 is 9.18 Å². The molecule has 0 radical (unpaired) electrons. The van der Waals surface area contributed by atoms with Crippen LogP contribution in [0.4, 0.5) is 14.9 Å². The van der Waals surface area contributed by atoms with Crippen LogP contribution in [0.2, 0.25) is 0 Å². The highest BCUT2D eigenvalue weighted by atomic mass is 32.1. The third-order valence-corrected chi connectivity index (χ3v) is 5.39. The third kappa shape index (κ3) is 3.31. The summed E-state index contributed by atoms with van der Waals surface area (Å²) in [7, 11) is 2.03. The van der Waals surface area contributed by atoms with Crippen LogP contribution in [0.5, 0.6) is 0 Å². The summed E-state index contributed by atoms with van der Waals surface area (Å²) in [5.74, 6) is -0.461. The molecule has 6 heteroatoms. The Bertz CT molecular complexity index is 1100. The molecule has 0 aliphatic rings. The Morgan fingerprint density at radius 2 is 1.85 bits per heavy atom. The van der Waals surface area contributed by atoms with E-state index in [0.717, 1.165) is 27.0 Å². The van der Waals surface area contributed by atoms with E-state index in [9.17, 15) is 9.18 Å². The molecule has 2 heterocycles. The second kappa shape index (κ2) is 7.25. The van der Waals surface area contributed by atoms with Gasteiger partial charge in [0.2, 0.25) is 0 Å². The summed E-state index contributed by atoms with van der Waals surface area (Å²) in [6.45, 7) is 0.342. The molecule has 0 unspecified atom stereocenters. The number of nitrogens with one attached hydrogen (secondary N) is 2. The molecule has 0 bridgehead atoms. The zero-order valence-corrected chi connectivity index (χ0v) is 15.5. The summed E-state index contributed by atoms with van der Waals surface area (Å²) in [5, 5.41) is 8.55. The highest BCUT2D eigenvalue weighted by Gasteiger charge is 2.17. The summed E-state index contributed by atoms with van der Waals surface area (Å²) >= 11 is 1.66. The lowest BCUT2D eigenvalue weighted by atomic mass is 10.1. The molecule has 2 N–H and O–H groups in total. The zero-order chi connectivity index (χ0) is 18.8. The van der Waals surface area contributed by atoms with Crippen molar-refractivity contribution in [2.75, 3.05) is 5.32 Å². The SMILES string of the molecule is Cn1c(-c2cccs2)c(CNC(=O)Nc2ccccc2F)c2ccccc21. The zero-order valence-electron chi connectivity index (χ0n) is 14.7. The average molecular weight is 379 g/mol. The Morgan fingerprint density at radius 3 is 2.63 bits per heavy atom. The van der Waals surface area contributed by atoms with E-state index in [1.807, 2.05) is 30.6 Å². The van der Waals surface area contributed by atoms with Crippen molar-refractivity contribution >= 4 is 34.0 Å². The predicted molar refractivity (Wildman–Crippen MR) is 108 cm³/mol. The fourth-order valence-electron chi connectivity index (χ4n) is 3.28. The smallest absolute Gasteiger partial charge is 0.319 e. The Morgan fingerprint density at radius 1 is 1.07 bits per heavy atom. The Kier molecular flexibility index (Phi) is 4.64. The molecule has 0 aliphatic heterocycles. The molecule has 0 saturated heterocycles. The fraction of sp³-hybridized carbons (Fsp3) is 0.0952. The normalized spacial score (nSPS) is 10.9. The van der Waals surface area contributed by atoms with Gasteiger partial charge in [-0.25, -0.2) is 9.18 Å². The Hall–Kier alpha value is -3.12. The first-order valence-electron chi connectivity index (χ1n) is 8.54. The van der Waals surface area contributed by atoms with Crippen LogP contribution in [0.1, 0.15) is 5.56 Å². The van der Waals surface area contributed by atoms with Gasteiger partial charge in [-0.15, -0.1) is 11.3 Å². The van der Waals surface area contributed by atoms with Crippen molar-refractivity contribution in [3.8, 4) is 10.6 Å². The molecule has 0 spiro atoms. The van der Waals surface area contributed by atoms with E-state index >= 15 is 0 Å². The number of aryl methyl sites for hydroxylation is 1. The van der Waals surface area contributed by atoms with Crippen LogP contribution < -0.4 is 10.6 Å². The summed E-state index contributed by atoms with van der Waals surface area (Å²) in [6.07, 6.45) is 0. The molecule has 4 nitrogen and oxygen atoms in total. The highest BCUT2D eigenvalue weighted by molar-refractivity contribution is 7.13. The van der Waals surface area contributed by atoms with Gasteiger partial charge in [0.05, 0.1) is 16.3 Å². The average Bonchev–Trinajstić information content (AvgIpc) is 3.29. The van der Waals surface area contributed by atoms with E-state index in [4.69, 9.17) is 0 Å². The summed E-state index contributed by atoms with van der Waals surface area (Å²) in [6, 6.07) is 17.9. The van der Waals surface area contributed by atoms with Gasteiger partial charge in [-0.3, -0.25) is 0 Å². The van der Waals surface area contributed by atoms with E-state index in [2.05, 4.69) is 33.4 Å². The highest BCUT2D eigenvalue weighted by Crippen LogP contribution is 2.35. The van der Waals surface area contributed by atoms with Crippen molar-refractivity contribution in [2.24, 2.45) is 7.05 Å². The van der Waals surface area contributed by atoms with Gasteiger partial charge in [-0.1, -0.05) is 36.4 Å². The van der Waals surface area contributed by atoms with Crippen LogP contribution in [0, 0.1) is 5.82 Å². The molecule has 4 rings (SSSR count). The van der Waals surface area contributed by atoms with E-state index in [-0.39, 0.29) is 5.69 Å². The number of nitrogens with zero attached hydrogens (tertiary/aromatic N) is 1. The topological polar surface area (TPSA) is 46.1 Å². The molecule has 0 fully saturated rings. The van der Waals surface area contributed by atoms with Gasteiger partial charge in [0.25, 0.3) is 0 Å². The first-order chi connectivity index (χ1) is 13.1. The maximum absolute atomic E-state index is 13.7. The molecule has 2 aromatic heterocycles. The number of para-hydroxylation sites is 2. The Labute approximate surface area is 160 Å². The first kappa shape index (κ1) is 17.3. The minimum absolute atomic E-state index is 0.159. The molecule has 27 heavy (non-hydrogen) atoms. The monoisotopic (exact) mass is 379 g/mol. The lowest BCUT2D eigenvalue weighted by molar-refractivity contribution is 0.251. The lowest BCUT2D eigenvalue weighted by Gasteiger charge is -2.10. The number of carbonyl (C=O) groups is 1. The molecular formula is C21H18FN3OS. The molecule has 0 saturated carbocycles. The van der Waals surface area contributed by atoms with Crippen LogP contribution in [0.15, 0.2) is 66.0 Å². The van der Waals surface area contributed by atoms with Crippen LogP contribution >= 0.6 is 11.3 Å². The van der Waals surface area contributed by atoms with Gasteiger partial charge in [0.15, 0.2) is 0 Å². The Balaban J connectivity index is 1.63. The van der Waals surface area contributed by atoms with E-state index in [1.165, 1.54) is 12.1 Å². The van der Waals surface area contributed by atoms with Crippen molar-refractivity contribution in [3.05, 3.63) is 77.4 Å². The van der Waals surface area contributed by atoms with E-state index in [0.29, 0.717) is 6.54 Å². The van der Waals surface area contributed by atoms with Crippen molar-refractivity contribution in [1.29, 1.82) is 0 Å². The number of hydrogen-bond acceptors (Lipinski definition) is 2. The molecule has 4 aromatic rings. The fourth-order valence-corrected chi connectivity index (χ4v) is 4.11. The van der Waals surface area contributed by atoms with E-state index < -0.39 is 11.8 Å². The van der Waals surface area contributed by atoms with Crippen LogP contribution in [-0.4, -0.2) is 10.6 Å².